The highest BCUT2D eigenvalue weighted by atomic mass is 15.2. The minimum Gasteiger partial charge on any atom is -0.308 e. The van der Waals surface area contributed by atoms with Gasteiger partial charge in [0.15, 0.2) is 0 Å². The van der Waals surface area contributed by atoms with Crippen LogP contribution in [0.2, 0.25) is 0 Å². The van der Waals surface area contributed by atoms with Crippen LogP contribution in [0.3, 0.4) is 0 Å². The van der Waals surface area contributed by atoms with Crippen LogP contribution in [0.5, 0.6) is 0 Å². The molecule has 2 nitrogen and oxygen atoms in total. The van der Waals surface area contributed by atoms with Gasteiger partial charge in [0.25, 0.3) is 0 Å². The fourth-order valence-corrected chi connectivity index (χ4v) is 4.07. The molecule has 1 aliphatic heterocycles. The lowest BCUT2D eigenvalue weighted by Crippen LogP contribution is -2.39. The van der Waals surface area contributed by atoms with Gasteiger partial charge >= 0.3 is 0 Å². The normalized spacial score (nSPS) is 22.0. The number of aryl methyl sites for hydroxylation is 1. The first-order chi connectivity index (χ1) is 10.3. The van der Waals surface area contributed by atoms with Gasteiger partial charge in [-0.3, -0.25) is 4.90 Å². The maximum atomic E-state index is 2.68. The number of nitrogens with zero attached hydrogens (tertiary/aromatic N) is 2. The Hall–Kier alpha value is -0.860. The highest BCUT2D eigenvalue weighted by molar-refractivity contribution is 5.46. The van der Waals surface area contributed by atoms with Crippen molar-refractivity contribution in [3.05, 3.63) is 34.4 Å². The van der Waals surface area contributed by atoms with Crippen LogP contribution in [-0.4, -0.2) is 43.5 Å². The van der Waals surface area contributed by atoms with E-state index in [9.17, 15) is 0 Å². The number of likely N-dealkylation sites (N-methyl/N-ethyl adjacent to an activating group) is 1. The van der Waals surface area contributed by atoms with Crippen molar-refractivity contribution in [2.75, 3.05) is 33.7 Å². The third-order valence-electron chi connectivity index (χ3n) is 5.36. The lowest BCUT2D eigenvalue weighted by Gasteiger charge is -2.40. The molecule has 3 rings (SSSR count). The highest BCUT2D eigenvalue weighted by Gasteiger charge is 2.31. The SMILES string of the molecule is CN(C)CCN1Cc2cc(C(C)(C)C)cc3c2C(CCC3)C1. The Morgan fingerprint density at radius 1 is 1.18 bits per heavy atom. The van der Waals surface area contributed by atoms with E-state index >= 15 is 0 Å². The van der Waals surface area contributed by atoms with Gasteiger partial charge in [-0.1, -0.05) is 32.9 Å². The van der Waals surface area contributed by atoms with E-state index < -0.39 is 0 Å². The van der Waals surface area contributed by atoms with Crippen LogP contribution in [0.25, 0.3) is 0 Å². The molecule has 0 saturated carbocycles. The van der Waals surface area contributed by atoms with Crippen molar-refractivity contribution in [3.8, 4) is 0 Å². The minimum absolute atomic E-state index is 0.254. The van der Waals surface area contributed by atoms with E-state index in [2.05, 4.69) is 56.8 Å². The van der Waals surface area contributed by atoms with Crippen molar-refractivity contribution in [1.82, 2.24) is 9.80 Å². The summed E-state index contributed by atoms with van der Waals surface area (Å²) in [7, 11) is 4.35. The zero-order chi connectivity index (χ0) is 15.9. The molecule has 0 saturated heterocycles. The van der Waals surface area contributed by atoms with Crippen molar-refractivity contribution in [1.29, 1.82) is 0 Å². The third-order valence-corrected chi connectivity index (χ3v) is 5.36. The average Bonchev–Trinajstić information content (AvgIpc) is 2.44. The molecule has 0 radical (unpaired) electrons. The number of benzene rings is 1. The Balaban J connectivity index is 1.92. The first-order valence-electron chi connectivity index (χ1n) is 8.88. The summed E-state index contributed by atoms with van der Waals surface area (Å²) in [4.78, 5) is 4.97. The summed E-state index contributed by atoms with van der Waals surface area (Å²) >= 11 is 0. The Bertz CT molecular complexity index is 539. The van der Waals surface area contributed by atoms with Gasteiger partial charge in [-0.05, 0) is 66.9 Å². The summed E-state index contributed by atoms with van der Waals surface area (Å²) in [5.74, 6) is 0.781. The molecule has 0 spiro atoms. The fraction of sp³-hybridized carbons (Fsp3) is 0.700. The molecule has 1 unspecified atom stereocenters. The second-order valence-electron chi connectivity index (χ2n) is 8.59. The average molecular weight is 300 g/mol. The van der Waals surface area contributed by atoms with Crippen molar-refractivity contribution in [2.24, 2.45) is 0 Å². The van der Waals surface area contributed by atoms with Crippen LogP contribution in [0.4, 0.5) is 0 Å². The van der Waals surface area contributed by atoms with Gasteiger partial charge in [-0.25, -0.2) is 0 Å². The second-order valence-corrected chi connectivity index (χ2v) is 8.59. The van der Waals surface area contributed by atoms with Gasteiger partial charge in [-0.15, -0.1) is 0 Å². The first kappa shape index (κ1) is 16.0. The van der Waals surface area contributed by atoms with Gasteiger partial charge < -0.3 is 4.90 Å². The molecule has 0 N–H and O–H groups in total. The monoisotopic (exact) mass is 300 g/mol. The van der Waals surface area contributed by atoms with E-state index in [1.807, 2.05) is 0 Å². The molecule has 0 aromatic heterocycles. The Labute approximate surface area is 136 Å². The molecular weight excluding hydrogens is 268 g/mol. The lowest BCUT2D eigenvalue weighted by molar-refractivity contribution is 0.199. The molecule has 1 atom stereocenters. The predicted octanol–water partition coefficient (Wildman–Crippen LogP) is 3.78. The van der Waals surface area contributed by atoms with Crippen LogP contribution < -0.4 is 0 Å². The summed E-state index contributed by atoms with van der Waals surface area (Å²) in [5.41, 5.74) is 6.78. The first-order valence-corrected chi connectivity index (χ1v) is 8.88. The molecular formula is C20H32N2. The van der Waals surface area contributed by atoms with Gasteiger partial charge in [0.05, 0.1) is 0 Å². The van der Waals surface area contributed by atoms with Crippen LogP contribution in [-0.2, 0) is 18.4 Å². The van der Waals surface area contributed by atoms with Crippen LogP contribution in [0.15, 0.2) is 12.1 Å². The van der Waals surface area contributed by atoms with Crippen LogP contribution >= 0.6 is 0 Å². The Morgan fingerprint density at radius 3 is 2.59 bits per heavy atom. The Morgan fingerprint density at radius 2 is 1.91 bits per heavy atom. The van der Waals surface area contributed by atoms with E-state index in [4.69, 9.17) is 0 Å². The summed E-state index contributed by atoms with van der Waals surface area (Å²) in [6.07, 6.45) is 4.04. The van der Waals surface area contributed by atoms with Gasteiger partial charge in [0.1, 0.15) is 0 Å². The number of hydrogen-bond acceptors (Lipinski definition) is 2. The zero-order valence-corrected chi connectivity index (χ0v) is 15.1. The van der Waals surface area contributed by atoms with E-state index in [1.165, 1.54) is 37.9 Å². The minimum atomic E-state index is 0.254. The third kappa shape index (κ3) is 3.23. The molecule has 2 heteroatoms. The van der Waals surface area contributed by atoms with Gasteiger partial charge in [0.2, 0.25) is 0 Å². The molecule has 1 aromatic carbocycles. The smallest absolute Gasteiger partial charge is 0.0237 e. The van der Waals surface area contributed by atoms with E-state index in [0.29, 0.717) is 0 Å². The predicted molar refractivity (Wildman–Crippen MR) is 94.7 cm³/mol. The fourth-order valence-electron chi connectivity index (χ4n) is 4.07. The van der Waals surface area contributed by atoms with Crippen LogP contribution in [0, 0.1) is 0 Å². The van der Waals surface area contributed by atoms with E-state index in [0.717, 1.165) is 19.0 Å². The molecule has 22 heavy (non-hydrogen) atoms. The quantitative estimate of drug-likeness (QED) is 0.838. The zero-order valence-electron chi connectivity index (χ0n) is 15.1. The van der Waals surface area contributed by atoms with Gasteiger partial charge in [-0.2, -0.15) is 0 Å². The number of rotatable bonds is 3. The largest absolute Gasteiger partial charge is 0.308 e. The lowest BCUT2D eigenvalue weighted by atomic mass is 9.74. The molecule has 1 aliphatic carbocycles. The summed E-state index contributed by atoms with van der Waals surface area (Å²) < 4.78 is 0. The topological polar surface area (TPSA) is 6.48 Å². The Kier molecular flexibility index (Phi) is 4.35. The summed E-state index contributed by atoms with van der Waals surface area (Å²) in [6, 6.07) is 5.03. The van der Waals surface area contributed by atoms with Crippen molar-refractivity contribution < 1.29 is 0 Å². The van der Waals surface area contributed by atoms with Crippen LogP contribution in [0.1, 0.15) is 61.8 Å². The molecule has 0 amide bonds. The molecule has 122 valence electrons. The molecule has 0 bridgehead atoms. The van der Waals surface area contributed by atoms with Gasteiger partial charge in [0, 0.05) is 26.2 Å². The summed E-state index contributed by atoms with van der Waals surface area (Å²) in [5, 5.41) is 0. The maximum Gasteiger partial charge on any atom is 0.0237 e. The van der Waals surface area contributed by atoms with E-state index in [-0.39, 0.29) is 5.41 Å². The maximum absolute atomic E-state index is 2.68. The van der Waals surface area contributed by atoms with Crippen molar-refractivity contribution in [2.45, 2.75) is 57.9 Å². The summed E-state index contributed by atoms with van der Waals surface area (Å²) in [6.45, 7) is 11.8. The molecule has 1 aromatic rings. The second kappa shape index (κ2) is 5.98. The standard InChI is InChI=1S/C20H32N2/c1-20(2,3)18-11-15-7-6-8-16-13-22(10-9-21(4)5)14-17(12-18)19(15)16/h11-12,16H,6-10,13-14H2,1-5H3. The molecule has 2 aliphatic rings. The van der Waals surface area contributed by atoms with E-state index in [1.54, 1.807) is 16.7 Å². The molecule has 1 heterocycles. The van der Waals surface area contributed by atoms with Crippen molar-refractivity contribution in [3.63, 3.8) is 0 Å². The highest BCUT2D eigenvalue weighted by Crippen LogP contribution is 2.40. The van der Waals surface area contributed by atoms with Crippen molar-refractivity contribution >= 4 is 0 Å². The molecule has 0 fully saturated rings. The number of hydrogen-bond donors (Lipinski definition) is 0.